The quantitative estimate of drug-likeness (QED) is 0.907. The van der Waals surface area contributed by atoms with E-state index in [1.54, 1.807) is 5.56 Å². The predicted molar refractivity (Wildman–Crippen MR) is 86.5 cm³/mol. The first-order valence-corrected chi connectivity index (χ1v) is 8.02. The zero-order valence-corrected chi connectivity index (χ0v) is 12.3. The lowest BCUT2D eigenvalue weighted by Crippen LogP contribution is -2.44. The van der Waals surface area contributed by atoms with Crippen LogP contribution in [0.25, 0.3) is 0 Å². The van der Waals surface area contributed by atoms with Gasteiger partial charge in [-0.1, -0.05) is 54.6 Å². The summed E-state index contributed by atoms with van der Waals surface area (Å²) in [5.74, 6) is 0.558. The van der Waals surface area contributed by atoms with Crippen molar-refractivity contribution < 1.29 is 0 Å². The standard InChI is InChI=1S/C19H22N2/c1-2-6-15(7-3-1)18-14-19(21-12-10-20-11-13-21)17-9-5-4-8-16(17)18/h1-9,18-20H,10-14H2/t18-,19+/m1/s1. The first-order chi connectivity index (χ1) is 10.4. The van der Waals surface area contributed by atoms with Crippen LogP contribution >= 0.6 is 0 Å². The molecule has 0 bridgehead atoms. The molecule has 1 N–H and O–H groups in total. The van der Waals surface area contributed by atoms with E-state index in [0.717, 1.165) is 13.1 Å². The second-order valence-corrected chi connectivity index (χ2v) is 6.13. The Morgan fingerprint density at radius 3 is 2.24 bits per heavy atom. The van der Waals surface area contributed by atoms with Crippen molar-refractivity contribution in [2.75, 3.05) is 26.2 Å². The molecule has 2 aliphatic rings. The van der Waals surface area contributed by atoms with E-state index < -0.39 is 0 Å². The topological polar surface area (TPSA) is 15.3 Å². The van der Waals surface area contributed by atoms with E-state index in [-0.39, 0.29) is 0 Å². The van der Waals surface area contributed by atoms with Crippen LogP contribution in [0.15, 0.2) is 54.6 Å². The summed E-state index contributed by atoms with van der Waals surface area (Å²) in [6.45, 7) is 4.57. The third-order valence-corrected chi connectivity index (χ3v) is 4.98. The van der Waals surface area contributed by atoms with Crippen molar-refractivity contribution in [2.24, 2.45) is 0 Å². The Bertz CT molecular complexity index is 602. The van der Waals surface area contributed by atoms with Gasteiger partial charge in [-0.05, 0) is 23.1 Å². The van der Waals surface area contributed by atoms with Crippen LogP contribution in [-0.4, -0.2) is 31.1 Å². The summed E-state index contributed by atoms with van der Waals surface area (Å²) in [5, 5.41) is 3.46. The molecule has 2 heteroatoms. The van der Waals surface area contributed by atoms with E-state index >= 15 is 0 Å². The van der Waals surface area contributed by atoms with Crippen LogP contribution in [0, 0.1) is 0 Å². The molecule has 1 saturated heterocycles. The fourth-order valence-electron chi connectivity index (χ4n) is 3.95. The molecule has 108 valence electrons. The van der Waals surface area contributed by atoms with Crippen molar-refractivity contribution in [3.05, 3.63) is 71.3 Å². The van der Waals surface area contributed by atoms with Gasteiger partial charge in [0.2, 0.25) is 0 Å². The summed E-state index contributed by atoms with van der Waals surface area (Å²) in [7, 11) is 0. The lowest BCUT2D eigenvalue weighted by Gasteiger charge is -2.33. The van der Waals surface area contributed by atoms with Gasteiger partial charge in [0.25, 0.3) is 0 Å². The van der Waals surface area contributed by atoms with Gasteiger partial charge in [0.1, 0.15) is 0 Å². The molecule has 2 aromatic carbocycles. The third kappa shape index (κ3) is 2.39. The van der Waals surface area contributed by atoms with E-state index in [0.29, 0.717) is 12.0 Å². The number of hydrogen-bond donors (Lipinski definition) is 1. The third-order valence-electron chi connectivity index (χ3n) is 4.98. The van der Waals surface area contributed by atoms with E-state index in [1.807, 2.05) is 0 Å². The number of rotatable bonds is 2. The summed E-state index contributed by atoms with van der Waals surface area (Å²) in [4.78, 5) is 2.66. The molecule has 0 amide bonds. The average Bonchev–Trinajstić information content (AvgIpc) is 2.96. The van der Waals surface area contributed by atoms with Crippen molar-refractivity contribution in [1.29, 1.82) is 0 Å². The van der Waals surface area contributed by atoms with Crippen molar-refractivity contribution in [2.45, 2.75) is 18.4 Å². The Kier molecular flexibility index (Phi) is 3.50. The molecule has 0 aromatic heterocycles. The summed E-state index contributed by atoms with van der Waals surface area (Å²) < 4.78 is 0. The Morgan fingerprint density at radius 1 is 0.810 bits per heavy atom. The van der Waals surface area contributed by atoms with E-state index in [9.17, 15) is 0 Å². The molecule has 0 spiro atoms. The molecule has 0 radical (unpaired) electrons. The Labute approximate surface area is 126 Å². The summed E-state index contributed by atoms with van der Waals surface area (Å²) in [6, 6.07) is 20.6. The number of piperazine rings is 1. The monoisotopic (exact) mass is 278 g/mol. The predicted octanol–water partition coefficient (Wildman–Crippen LogP) is 3.17. The highest BCUT2D eigenvalue weighted by Crippen LogP contribution is 2.46. The smallest absolute Gasteiger partial charge is 0.0361 e. The molecule has 2 aromatic rings. The number of nitrogens with one attached hydrogen (secondary N) is 1. The van der Waals surface area contributed by atoms with Gasteiger partial charge in [-0.2, -0.15) is 0 Å². The molecule has 1 heterocycles. The molecular weight excluding hydrogens is 256 g/mol. The minimum atomic E-state index is 0.558. The first-order valence-electron chi connectivity index (χ1n) is 8.02. The van der Waals surface area contributed by atoms with E-state index in [4.69, 9.17) is 0 Å². The molecule has 21 heavy (non-hydrogen) atoms. The molecule has 4 rings (SSSR count). The normalized spacial score (nSPS) is 25.7. The van der Waals surface area contributed by atoms with Gasteiger partial charge in [-0.25, -0.2) is 0 Å². The molecule has 1 aliphatic carbocycles. The van der Waals surface area contributed by atoms with E-state index in [1.165, 1.54) is 30.6 Å². The highest BCUT2D eigenvalue weighted by atomic mass is 15.2. The molecule has 1 aliphatic heterocycles. The molecular formula is C19H22N2. The summed E-state index contributed by atoms with van der Waals surface area (Å²) in [5.41, 5.74) is 4.54. The van der Waals surface area contributed by atoms with Crippen LogP contribution in [0.1, 0.15) is 35.1 Å². The number of fused-ring (bicyclic) bond motifs is 1. The Morgan fingerprint density at radius 2 is 1.48 bits per heavy atom. The SMILES string of the molecule is c1ccc([C@H]2C[C@H](N3CCNCC3)c3ccccc32)cc1. The van der Waals surface area contributed by atoms with Gasteiger partial charge in [-0.3, -0.25) is 4.90 Å². The summed E-state index contributed by atoms with van der Waals surface area (Å²) >= 11 is 0. The highest BCUT2D eigenvalue weighted by Gasteiger charge is 2.35. The van der Waals surface area contributed by atoms with Crippen LogP contribution in [0.3, 0.4) is 0 Å². The van der Waals surface area contributed by atoms with Gasteiger partial charge in [0.05, 0.1) is 0 Å². The second-order valence-electron chi connectivity index (χ2n) is 6.13. The molecule has 0 saturated carbocycles. The average molecular weight is 278 g/mol. The first kappa shape index (κ1) is 13.1. The van der Waals surface area contributed by atoms with Crippen LogP contribution < -0.4 is 5.32 Å². The van der Waals surface area contributed by atoms with Crippen molar-refractivity contribution in [1.82, 2.24) is 10.2 Å². The van der Waals surface area contributed by atoms with Crippen LogP contribution in [0.2, 0.25) is 0 Å². The van der Waals surface area contributed by atoms with Gasteiger partial charge in [0.15, 0.2) is 0 Å². The Hall–Kier alpha value is -1.64. The largest absolute Gasteiger partial charge is 0.314 e. The van der Waals surface area contributed by atoms with Crippen LogP contribution in [-0.2, 0) is 0 Å². The van der Waals surface area contributed by atoms with E-state index in [2.05, 4.69) is 64.8 Å². The fourth-order valence-corrected chi connectivity index (χ4v) is 3.95. The number of nitrogens with zero attached hydrogens (tertiary/aromatic N) is 1. The lowest BCUT2D eigenvalue weighted by molar-refractivity contribution is 0.171. The summed E-state index contributed by atoms with van der Waals surface area (Å²) in [6.07, 6.45) is 1.23. The molecule has 2 nitrogen and oxygen atoms in total. The van der Waals surface area contributed by atoms with Gasteiger partial charge in [-0.15, -0.1) is 0 Å². The number of hydrogen-bond acceptors (Lipinski definition) is 2. The van der Waals surface area contributed by atoms with Crippen molar-refractivity contribution in [3.8, 4) is 0 Å². The number of benzene rings is 2. The molecule has 0 unspecified atom stereocenters. The zero-order valence-electron chi connectivity index (χ0n) is 12.3. The second kappa shape index (κ2) is 5.63. The van der Waals surface area contributed by atoms with Crippen LogP contribution in [0.4, 0.5) is 0 Å². The minimum Gasteiger partial charge on any atom is -0.314 e. The van der Waals surface area contributed by atoms with Gasteiger partial charge in [0, 0.05) is 38.1 Å². The van der Waals surface area contributed by atoms with Crippen molar-refractivity contribution in [3.63, 3.8) is 0 Å². The zero-order chi connectivity index (χ0) is 14.1. The maximum atomic E-state index is 3.46. The fraction of sp³-hybridized carbons (Fsp3) is 0.368. The van der Waals surface area contributed by atoms with Crippen LogP contribution in [0.5, 0.6) is 0 Å². The highest BCUT2D eigenvalue weighted by molar-refractivity contribution is 5.44. The van der Waals surface area contributed by atoms with Gasteiger partial charge < -0.3 is 5.32 Å². The molecule has 2 atom stereocenters. The lowest BCUT2D eigenvalue weighted by atomic mass is 9.93. The van der Waals surface area contributed by atoms with Crippen molar-refractivity contribution >= 4 is 0 Å². The van der Waals surface area contributed by atoms with Gasteiger partial charge >= 0.3 is 0 Å². The maximum Gasteiger partial charge on any atom is 0.0361 e. The molecule has 1 fully saturated rings. The Balaban J connectivity index is 1.69. The minimum absolute atomic E-state index is 0.558. The maximum absolute atomic E-state index is 3.46.